The summed E-state index contributed by atoms with van der Waals surface area (Å²) in [5.74, 6) is 0.862. The molecule has 3 N–H and O–H groups in total. The maximum absolute atomic E-state index is 11.1. The van der Waals surface area contributed by atoms with Crippen molar-refractivity contribution in [2.75, 3.05) is 39.5 Å². The smallest absolute Gasteiger partial charge is 0.397 e. The summed E-state index contributed by atoms with van der Waals surface area (Å²) in [6.45, 7) is 0.837. The zero-order valence-corrected chi connectivity index (χ0v) is 20.6. The van der Waals surface area contributed by atoms with E-state index in [2.05, 4.69) is 8.37 Å². The third-order valence-corrected chi connectivity index (χ3v) is 5.53. The highest BCUT2D eigenvalue weighted by Gasteiger charge is 2.27. The van der Waals surface area contributed by atoms with E-state index >= 15 is 0 Å². The molecule has 0 saturated heterocycles. The summed E-state index contributed by atoms with van der Waals surface area (Å²) in [6.07, 6.45) is -2.10. The quantitative estimate of drug-likeness (QED) is 0.265. The van der Waals surface area contributed by atoms with Crippen molar-refractivity contribution in [2.45, 2.75) is 19.1 Å². The standard InChI is InChI=1S/C21H29NO11S2/c1-2-30-19-10-6-7-11-20(19)33-21(17-8-4-3-5-9-17)18(23)16-22(12-14-31-34(24,25)26)13-15-32-35(27,28)29/h3-11,18,21,23H,2,12-16H2,1H3,(H,24,25,26)(H,27,28,29)/t18-,21-/m0/s1. The van der Waals surface area contributed by atoms with Crippen molar-refractivity contribution < 1.29 is 48.9 Å². The fourth-order valence-corrected chi connectivity index (χ4v) is 3.74. The van der Waals surface area contributed by atoms with Gasteiger partial charge in [-0.05, 0) is 24.6 Å². The molecule has 0 bridgehead atoms. The Labute approximate surface area is 204 Å². The van der Waals surface area contributed by atoms with E-state index in [1.807, 2.05) is 6.92 Å². The number of nitrogens with zero attached hydrogens (tertiary/aromatic N) is 1. The molecule has 2 rings (SSSR count). The molecule has 0 aliphatic heterocycles. The van der Waals surface area contributed by atoms with Crippen LogP contribution in [0, 0.1) is 0 Å². The first-order valence-electron chi connectivity index (χ1n) is 10.6. The largest absolute Gasteiger partial charge is 0.490 e. The molecule has 0 saturated carbocycles. The summed E-state index contributed by atoms with van der Waals surface area (Å²) in [5, 5.41) is 11.1. The SMILES string of the molecule is CCOc1ccccc1O[C@@H](c1ccccc1)[C@@H](O)CN(CCOS(=O)(=O)O)CCOS(=O)(=O)O. The van der Waals surface area contributed by atoms with Gasteiger partial charge in [0.25, 0.3) is 0 Å². The van der Waals surface area contributed by atoms with E-state index in [0.717, 1.165) is 0 Å². The van der Waals surface area contributed by atoms with E-state index in [-0.39, 0.29) is 19.6 Å². The van der Waals surface area contributed by atoms with Gasteiger partial charge in [-0.2, -0.15) is 16.8 Å². The Morgan fingerprint density at radius 2 is 1.34 bits per heavy atom. The summed E-state index contributed by atoms with van der Waals surface area (Å²) in [5.41, 5.74) is 0.634. The lowest BCUT2D eigenvalue weighted by Gasteiger charge is -2.30. The van der Waals surface area contributed by atoms with Crippen LogP contribution in [0.2, 0.25) is 0 Å². The molecule has 0 radical (unpaired) electrons. The van der Waals surface area contributed by atoms with Crippen molar-refractivity contribution in [3.63, 3.8) is 0 Å². The molecule has 0 aliphatic rings. The molecular formula is C21H29NO11S2. The lowest BCUT2D eigenvalue weighted by molar-refractivity contribution is 0.00463. The minimum Gasteiger partial charge on any atom is -0.490 e. The molecule has 0 amide bonds. The zero-order chi connectivity index (χ0) is 25.9. The topological polar surface area (TPSA) is 169 Å². The summed E-state index contributed by atoms with van der Waals surface area (Å²) < 4.78 is 81.4. The van der Waals surface area contributed by atoms with Crippen LogP contribution in [0.25, 0.3) is 0 Å². The highest BCUT2D eigenvalue weighted by Crippen LogP contribution is 2.32. The van der Waals surface area contributed by atoms with Crippen molar-refractivity contribution in [2.24, 2.45) is 0 Å². The predicted octanol–water partition coefficient (Wildman–Crippen LogP) is 1.51. The van der Waals surface area contributed by atoms with E-state index in [4.69, 9.17) is 18.6 Å². The minimum atomic E-state index is -4.70. The average molecular weight is 536 g/mol. The van der Waals surface area contributed by atoms with Gasteiger partial charge in [0.1, 0.15) is 6.10 Å². The Bertz CT molecular complexity index is 1070. The van der Waals surface area contributed by atoms with Gasteiger partial charge >= 0.3 is 20.8 Å². The number of hydrogen-bond donors (Lipinski definition) is 3. The van der Waals surface area contributed by atoms with Gasteiger partial charge in [-0.3, -0.25) is 14.0 Å². The molecule has 0 spiro atoms. The van der Waals surface area contributed by atoms with Gasteiger partial charge < -0.3 is 14.6 Å². The van der Waals surface area contributed by atoms with Gasteiger partial charge in [0.2, 0.25) is 0 Å². The molecule has 0 aromatic heterocycles. The lowest BCUT2D eigenvalue weighted by Crippen LogP contribution is -2.41. The Kier molecular flexibility index (Phi) is 11.3. The van der Waals surface area contributed by atoms with E-state index in [0.29, 0.717) is 23.7 Å². The van der Waals surface area contributed by atoms with Gasteiger partial charge in [-0.15, -0.1) is 0 Å². The number of rotatable bonds is 16. The van der Waals surface area contributed by atoms with E-state index in [1.165, 1.54) is 4.90 Å². The first-order valence-corrected chi connectivity index (χ1v) is 13.3. The maximum atomic E-state index is 11.1. The Hall–Kier alpha value is -2.30. The Balaban J connectivity index is 2.22. The molecule has 14 heteroatoms. The second-order valence-corrected chi connectivity index (χ2v) is 9.38. The van der Waals surface area contributed by atoms with Crippen molar-refractivity contribution >= 4 is 20.8 Å². The summed E-state index contributed by atoms with van der Waals surface area (Å²) in [6, 6.07) is 15.8. The summed E-state index contributed by atoms with van der Waals surface area (Å²) >= 11 is 0. The van der Waals surface area contributed by atoms with Crippen molar-refractivity contribution in [1.29, 1.82) is 0 Å². The number of benzene rings is 2. The van der Waals surface area contributed by atoms with E-state index in [1.54, 1.807) is 54.6 Å². The fourth-order valence-electron chi connectivity index (χ4n) is 3.17. The van der Waals surface area contributed by atoms with Crippen molar-refractivity contribution in [1.82, 2.24) is 4.90 Å². The number of hydrogen-bond acceptors (Lipinski definition) is 10. The number of aliphatic hydroxyl groups is 1. The van der Waals surface area contributed by atoms with Crippen molar-refractivity contribution in [3.05, 3.63) is 60.2 Å². The van der Waals surface area contributed by atoms with Crippen LogP contribution < -0.4 is 9.47 Å². The number of ether oxygens (including phenoxy) is 2. The minimum absolute atomic E-state index is 0.136. The third kappa shape index (κ3) is 11.3. The Morgan fingerprint density at radius 3 is 1.86 bits per heavy atom. The molecule has 0 unspecified atom stereocenters. The van der Waals surface area contributed by atoms with Crippen LogP contribution in [0.1, 0.15) is 18.6 Å². The first-order chi connectivity index (χ1) is 16.5. The second-order valence-electron chi connectivity index (χ2n) is 7.20. The van der Waals surface area contributed by atoms with Gasteiger partial charge in [0.05, 0.1) is 19.8 Å². The number of para-hydroxylation sites is 2. The highest BCUT2D eigenvalue weighted by atomic mass is 32.3. The lowest BCUT2D eigenvalue weighted by atomic mass is 10.0. The Morgan fingerprint density at radius 1 is 0.829 bits per heavy atom. The molecule has 196 valence electrons. The zero-order valence-electron chi connectivity index (χ0n) is 19.0. The van der Waals surface area contributed by atoms with Crippen LogP contribution in [-0.4, -0.2) is 81.5 Å². The van der Waals surface area contributed by atoms with Crippen LogP contribution >= 0.6 is 0 Å². The van der Waals surface area contributed by atoms with E-state index < -0.39 is 46.2 Å². The van der Waals surface area contributed by atoms with Gasteiger partial charge in [0, 0.05) is 19.6 Å². The molecule has 35 heavy (non-hydrogen) atoms. The number of aliphatic hydroxyl groups excluding tert-OH is 1. The normalized spacial score (nSPS) is 14.0. The van der Waals surface area contributed by atoms with E-state index in [9.17, 15) is 21.9 Å². The molecule has 12 nitrogen and oxygen atoms in total. The molecule has 0 fully saturated rings. The fraction of sp³-hybridized carbons (Fsp3) is 0.429. The molecule has 0 heterocycles. The molecule has 2 aromatic carbocycles. The molecular weight excluding hydrogens is 506 g/mol. The molecule has 0 aliphatic carbocycles. The molecule has 2 atom stereocenters. The van der Waals surface area contributed by atoms with Crippen LogP contribution in [0.15, 0.2) is 54.6 Å². The van der Waals surface area contributed by atoms with Gasteiger partial charge in [0.15, 0.2) is 17.6 Å². The monoisotopic (exact) mass is 535 g/mol. The van der Waals surface area contributed by atoms with Gasteiger partial charge in [-0.1, -0.05) is 42.5 Å². The van der Waals surface area contributed by atoms with Crippen LogP contribution in [0.3, 0.4) is 0 Å². The van der Waals surface area contributed by atoms with Crippen LogP contribution in [-0.2, 0) is 29.2 Å². The third-order valence-electron chi connectivity index (χ3n) is 4.61. The van der Waals surface area contributed by atoms with Crippen molar-refractivity contribution in [3.8, 4) is 11.5 Å². The predicted molar refractivity (Wildman–Crippen MR) is 125 cm³/mol. The van der Waals surface area contributed by atoms with Gasteiger partial charge in [-0.25, -0.2) is 8.37 Å². The molecule has 2 aromatic rings. The van der Waals surface area contributed by atoms with Crippen LogP contribution in [0.4, 0.5) is 0 Å². The highest BCUT2D eigenvalue weighted by molar-refractivity contribution is 7.81. The summed E-state index contributed by atoms with van der Waals surface area (Å²) in [4.78, 5) is 1.43. The van der Waals surface area contributed by atoms with Crippen LogP contribution in [0.5, 0.6) is 11.5 Å². The first kappa shape index (κ1) is 28.9. The average Bonchev–Trinajstić information content (AvgIpc) is 2.77. The summed E-state index contributed by atoms with van der Waals surface area (Å²) in [7, 11) is -9.39. The second kappa shape index (κ2) is 13.7. The maximum Gasteiger partial charge on any atom is 0.397 e.